The van der Waals surface area contributed by atoms with Crippen molar-refractivity contribution in [3.8, 4) is 0 Å². The minimum Gasteiger partial charge on any atom is -0.480 e. The number of carboxylic acids is 1. The van der Waals surface area contributed by atoms with Crippen LogP contribution in [-0.2, 0) is 4.79 Å². The molecule has 0 radical (unpaired) electrons. The van der Waals surface area contributed by atoms with Crippen LogP contribution in [0.15, 0.2) is 17.5 Å². The van der Waals surface area contributed by atoms with E-state index in [4.69, 9.17) is 10.8 Å². The van der Waals surface area contributed by atoms with Crippen LogP contribution in [-0.4, -0.2) is 16.6 Å². The maximum Gasteiger partial charge on any atom is 0.323 e. The molecule has 3 nitrogen and oxygen atoms in total. The average Bonchev–Trinajstić information content (AvgIpc) is 2.72. The zero-order valence-corrected chi connectivity index (χ0v) is 9.30. The molecule has 1 fully saturated rings. The summed E-state index contributed by atoms with van der Waals surface area (Å²) in [5.41, 5.74) is 4.84. The molecular weight excluding hydrogens is 210 g/mol. The molecule has 2 rings (SSSR count). The van der Waals surface area contributed by atoms with Crippen molar-refractivity contribution < 1.29 is 9.90 Å². The lowest BCUT2D eigenvalue weighted by Crippen LogP contribution is -2.50. The van der Waals surface area contributed by atoms with E-state index >= 15 is 0 Å². The molecule has 15 heavy (non-hydrogen) atoms. The molecule has 0 aliphatic heterocycles. The van der Waals surface area contributed by atoms with Gasteiger partial charge in [0.2, 0.25) is 0 Å². The molecule has 4 heteroatoms. The minimum absolute atomic E-state index is 0.515. The number of thiophene rings is 1. The van der Waals surface area contributed by atoms with Crippen LogP contribution < -0.4 is 5.73 Å². The van der Waals surface area contributed by atoms with E-state index in [0.29, 0.717) is 18.8 Å². The molecule has 1 aliphatic rings. The highest BCUT2D eigenvalue weighted by Crippen LogP contribution is 2.38. The summed E-state index contributed by atoms with van der Waals surface area (Å²) in [6, 6.07) is 4.17. The molecular formula is C11H15NO2S. The average molecular weight is 225 g/mol. The minimum atomic E-state index is -0.978. The molecule has 3 N–H and O–H groups in total. The third-order valence-corrected chi connectivity index (χ3v) is 4.28. The second-order valence-electron chi connectivity index (χ2n) is 4.25. The molecule has 1 saturated carbocycles. The molecule has 1 aromatic rings. The van der Waals surface area contributed by atoms with Gasteiger partial charge in [0.15, 0.2) is 0 Å². The van der Waals surface area contributed by atoms with Gasteiger partial charge in [0.25, 0.3) is 0 Å². The van der Waals surface area contributed by atoms with Crippen molar-refractivity contribution in [1.29, 1.82) is 0 Å². The summed E-state index contributed by atoms with van der Waals surface area (Å²) in [5, 5.41) is 11.1. The van der Waals surface area contributed by atoms with Crippen LogP contribution in [0.1, 0.15) is 36.5 Å². The highest BCUT2D eigenvalue weighted by Gasteiger charge is 2.38. The largest absolute Gasteiger partial charge is 0.480 e. The zero-order chi connectivity index (χ0) is 10.9. The van der Waals surface area contributed by atoms with Gasteiger partial charge in [-0.25, -0.2) is 0 Å². The molecule has 0 saturated heterocycles. The van der Waals surface area contributed by atoms with Gasteiger partial charge < -0.3 is 10.8 Å². The van der Waals surface area contributed by atoms with Gasteiger partial charge in [0.05, 0.1) is 0 Å². The summed E-state index contributed by atoms with van der Waals surface area (Å²) in [6.45, 7) is 0. The lowest BCUT2D eigenvalue weighted by atomic mass is 9.76. The first-order valence-electron chi connectivity index (χ1n) is 5.17. The van der Waals surface area contributed by atoms with Crippen LogP contribution in [0, 0.1) is 0 Å². The first-order chi connectivity index (χ1) is 7.12. The predicted octanol–water partition coefficient (Wildman–Crippen LogP) is 2.19. The standard InChI is InChI=1S/C11H15NO2S/c12-11(10(13)14)5-3-8(4-6-11)9-2-1-7-15-9/h1-2,7-8H,3-6,12H2,(H,13,14). The van der Waals surface area contributed by atoms with Crippen molar-refractivity contribution in [2.45, 2.75) is 37.1 Å². The van der Waals surface area contributed by atoms with E-state index in [-0.39, 0.29) is 0 Å². The van der Waals surface area contributed by atoms with Gasteiger partial charge in [-0.05, 0) is 43.0 Å². The second-order valence-corrected chi connectivity index (χ2v) is 5.23. The van der Waals surface area contributed by atoms with Crippen molar-refractivity contribution in [3.05, 3.63) is 22.4 Å². The number of carbonyl (C=O) groups is 1. The third kappa shape index (κ3) is 2.06. The first-order valence-corrected chi connectivity index (χ1v) is 6.05. The second kappa shape index (κ2) is 3.94. The Hall–Kier alpha value is -0.870. The Balaban J connectivity index is 2.01. The number of hydrogen-bond donors (Lipinski definition) is 2. The summed E-state index contributed by atoms with van der Waals surface area (Å²) in [4.78, 5) is 12.3. The molecule has 0 amide bonds. The van der Waals surface area contributed by atoms with Crippen molar-refractivity contribution in [1.82, 2.24) is 0 Å². The van der Waals surface area contributed by atoms with Crippen LogP contribution in [0.2, 0.25) is 0 Å². The summed E-state index contributed by atoms with van der Waals surface area (Å²) in [6.07, 6.45) is 2.96. The van der Waals surface area contributed by atoms with Gasteiger partial charge in [-0.15, -0.1) is 11.3 Å². The molecule has 82 valence electrons. The van der Waals surface area contributed by atoms with Gasteiger partial charge in [0.1, 0.15) is 5.54 Å². The van der Waals surface area contributed by atoms with Crippen LogP contribution in [0.3, 0.4) is 0 Å². The Kier molecular flexibility index (Phi) is 2.80. The Morgan fingerprint density at radius 1 is 1.53 bits per heavy atom. The monoisotopic (exact) mass is 225 g/mol. The summed E-state index contributed by atoms with van der Waals surface area (Å²) < 4.78 is 0. The summed E-state index contributed by atoms with van der Waals surface area (Å²) in [7, 11) is 0. The molecule has 1 heterocycles. The van der Waals surface area contributed by atoms with Crippen LogP contribution in [0.4, 0.5) is 0 Å². The number of hydrogen-bond acceptors (Lipinski definition) is 3. The van der Waals surface area contributed by atoms with Crippen LogP contribution in [0.5, 0.6) is 0 Å². The van der Waals surface area contributed by atoms with Crippen molar-refractivity contribution in [2.75, 3.05) is 0 Å². The number of carboxylic acid groups (broad SMARTS) is 1. The maximum absolute atomic E-state index is 10.9. The van der Waals surface area contributed by atoms with E-state index in [0.717, 1.165) is 12.8 Å². The topological polar surface area (TPSA) is 63.3 Å². The predicted molar refractivity (Wildman–Crippen MR) is 60.1 cm³/mol. The summed E-state index contributed by atoms with van der Waals surface area (Å²) in [5.74, 6) is -0.340. The molecule has 0 spiro atoms. The van der Waals surface area contributed by atoms with Gasteiger partial charge >= 0.3 is 5.97 Å². The Morgan fingerprint density at radius 2 is 2.20 bits per heavy atom. The van der Waals surface area contributed by atoms with Crippen LogP contribution >= 0.6 is 11.3 Å². The van der Waals surface area contributed by atoms with E-state index in [1.807, 2.05) is 6.07 Å². The molecule has 0 aromatic carbocycles. The fourth-order valence-corrected chi connectivity index (χ4v) is 3.05. The first kappa shape index (κ1) is 10.6. The van der Waals surface area contributed by atoms with Gasteiger partial charge in [-0.2, -0.15) is 0 Å². The molecule has 1 aliphatic carbocycles. The third-order valence-electron chi connectivity index (χ3n) is 3.25. The van der Waals surface area contributed by atoms with Crippen molar-refractivity contribution in [2.24, 2.45) is 5.73 Å². The lowest BCUT2D eigenvalue weighted by Gasteiger charge is -2.33. The van der Waals surface area contributed by atoms with E-state index in [9.17, 15) is 4.79 Å². The van der Waals surface area contributed by atoms with Crippen LogP contribution in [0.25, 0.3) is 0 Å². The quantitative estimate of drug-likeness (QED) is 0.811. The number of rotatable bonds is 2. The van der Waals surface area contributed by atoms with Crippen molar-refractivity contribution in [3.63, 3.8) is 0 Å². The normalized spacial score (nSPS) is 31.4. The Labute approximate surface area is 92.9 Å². The fourth-order valence-electron chi connectivity index (χ4n) is 2.15. The molecule has 0 bridgehead atoms. The van der Waals surface area contributed by atoms with Crippen molar-refractivity contribution >= 4 is 17.3 Å². The maximum atomic E-state index is 10.9. The van der Waals surface area contributed by atoms with Gasteiger partial charge in [-0.3, -0.25) is 4.79 Å². The number of aliphatic carboxylic acids is 1. The van der Waals surface area contributed by atoms with Gasteiger partial charge in [-0.1, -0.05) is 6.07 Å². The zero-order valence-electron chi connectivity index (χ0n) is 8.48. The van der Waals surface area contributed by atoms with E-state index in [1.165, 1.54) is 4.88 Å². The number of nitrogens with two attached hydrogens (primary N) is 1. The van der Waals surface area contributed by atoms with E-state index in [2.05, 4.69) is 11.4 Å². The van der Waals surface area contributed by atoms with E-state index in [1.54, 1.807) is 11.3 Å². The molecule has 1 aromatic heterocycles. The SMILES string of the molecule is NC1(C(=O)O)CCC(c2cccs2)CC1. The molecule has 0 atom stereocenters. The molecule has 0 unspecified atom stereocenters. The highest BCUT2D eigenvalue weighted by molar-refractivity contribution is 7.10. The lowest BCUT2D eigenvalue weighted by molar-refractivity contribution is -0.144. The highest BCUT2D eigenvalue weighted by atomic mass is 32.1. The van der Waals surface area contributed by atoms with E-state index < -0.39 is 11.5 Å². The Bertz CT molecular complexity index is 339. The fraction of sp³-hybridized carbons (Fsp3) is 0.545. The Morgan fingerprint density at radius 3 is 2.67 bits per heavy atom. The smallest absolute Gasteiger partial charge is 0.323 e. The van der Waals surface area contributed by atoms with Gasteiger partial charge in [0, 0.05) is 4.88 Å². The summed E-state index contributed by atoms with van der Waals surface area (Å²) >= 11 is 1.75.